The van der Waals surface area contributed by atoms with E-state index in [2.05, 4.69) is 46.7 Å². The van der Waals surface area contributed by atoms with Crippen molar-refractivity contribution in [1.29, 1.82) is 0 Å². The molecular formula is C21H31N5O3. The number of nitrogens with zero attached hydrogens (tertiary/aromatic N) is 2. The molecule has 3 N–H and O–H groups in total. The summed E-state index contributed by atoms with van der Waals surface area (Å²) in [5.41, 5.74) is 0.504. The second-order valence-corrected chi connectivity index (χ2v) is 7.47. The summed E-state index contributed by atoms with van der Waals surface area (Å²) in [5, 5.41) is 9.22. The third-order valence-electron chi connectivity index (χ3n) is 4.06. The molecule has 2 aromatic rings. The Hall–Kier alpha value is -3.03. The van der Waals surface area contributed by atoms with E-state index in [1.807, 2.05) is 6.92 Å². The number of methoxy groups -OCH3 is 1. The van der Waals surface area contributed by atoms with Gasteiger partial charge in [0.05, 0.1) is 13.3 Å². The van der Waals surface area contributed by atoms with Crippen molar-refractivity contribution < 1.29 is 13.9 Å². The van der Waals surface area contributed by atoms with Gasteiger partial charge in [-0.1, -0.05) is 20.8 Å². The van der Waals surface area contributed by atoms with E-state index >= 15 is 0 Å². The maximum absolute atomic E-state index is 12.2. The van der Waals surface area contributed by atoms with Crippen LogP contribution >= 0.6 is 0 Å². The van der Waals surface area contributed by atoms with Crippen LogP contribution < -0.4 is 20.7 Å². The molecule has 1 heterocycles. The Bertz CT molecular complexity index is 806. The highest BCUT2D eigenvalue weighted by Gasteiger charge is 2.19. The van der Waals surface area contributed by atoms with Crippen LogP contribution in [0.5, 0.6) is 5.75 Å². The number of carbonyl (C=O) groups is 1. The van der Waals surface area contributed by atoms with Gasteiger partial charge in [-0.2, -0.15) is 0 Å². The summed E-state index contributed by atoms with van der Waals surface area (Å²) in [7, 11) is 1.59. The molecule has 0 bridgehead atoms. The topological polar surface area (TPSA) is 101 Å². The van der Waals surface area contributed by atoms with E-state index < -0.39 is 0 Å². The van der Waals surface area contributed by atoms with Gasteiger partial charge in [0.1, 0.15) is 18.1 Å². The molecule has 2 rings (SSSR count). The van der Waals surface area contributed by atoms with Crippen LogP contribution in [0.15, 0.2) is 39.9 Å². The van der Waals surface area contributed by atoms with Crippen LogP contribution in [0.3, 0.4) is 0 Å². The molecule has 0 saturated carbocycles. The lowest BCUT2D eigenvalue weighted by molar-refractivity contribution is 0.0954. The summed E-state index contributed by atoms with van der Waals surface area (Å²) in [6.45, 7) is 10.3. The molecule has 0 fully saturated rings. The molecule has 0 aliphatic heterocycles. The molecule has 0 saturated heterocycles. The zero-order chi connectivity index (χ0) is 21.3. The molecule has 0 aliphatic rings. The van der Waals surface area contributed by atoms with Crippen molar-refractivity contribution in [3.8, 4) is 5.75 Å². The monoisotopic (exact) mass is 401 g/mol. The van der Waals surface area contributed by atoms with E-state index in [4.69, 9.17) is 9.15 Å². The Morgan fingerprint density at radius 3 is 2.41 bits per heavy atom. The van der Waals surface area contributed by atoms with Crippen LogP contribution in [0.1, 0.15) is 49.7 Å². The van der Waals surface area contributed by atoms with Crippen LogP contribution in [-0.2, 0) is 12.0 Å². The van der Waals surface area contributed by atoms with Gasteiger partial charge >= 0.3 is 0 Å². The molecule has 0 aliphatic carbocycles. The molecule has 0 spiro atoms. The van der Waals surface area contributed by atoms with Crippen LogP contribution in [0.25, 0.3) is 0 Å². The summed E-state index contributed by atoms with van der Waals surface area (Å²) in [6, 6.07) is 6.98. The van der Waals surface area contributed by atoms with Crippen LogP contribution in [0.2, 0.25) is 0 Å². The molecular weight excluding hydrogens is 370 g/mol. The van der Waals surface area contributed by atoms with E-state index in [0.29, 0.717) is 37.0 Å². The number of hydrogen-bond donors (Lipinski definition) is 3. The average molecular weight is 402 g/mol. The van der Waals surface area contributed by atoms with Gasteiger partial charge in [0.25, 0.3) is 5.91 Å². The molecule has 1 aromatic carbocycles. The van der Waals surface area contributed by atoms with Gasteiger partial charge in [-0.25, -0.2) is 9.98 Å². The quantitative estimate of drug-likeness (QED) is 0.357. The Labute approximate surface area is 172 Å². The summed E-state index contributed by atoms with van der Waals surface area (Å²) in [6.07, 6.45) is 1.75. The van der Waals surface area contributed by atoms with Gasteiger partial charge in [-0.15, -0.1) is 0 Å². The maximum Gasteiger partial charge on any atom is 0.251 e. The van der Waals surface area contributed by atoms with E-state index in [-0.39, 0.29) is 11.3 Å². The minimum atomic E-state index is -0.133. The van der Waals surface area contributed by atoms with Crippen molar-refractivity contribution in [3.05, 3.63) is 47.7 Å². The summed E-state index contributed by atoms with van der Waals surface area (Å²) in [5.74, 6) is 2.63. The fourth-order valence-corrected chi connectivity index (χ4v) is 2.42. The highest BCUT2D eigenvalue weighted by molar-refractivity contribution is 5.94. The van der Waals surface area contributed by atoms with Crippen molar-refractivity contribution in [3.63, 3.8) is 0 Å². The minimum absolute atomic E-state index is 0.0835. The molecule has 158 valence electrons. The van der Waals surface area contributed by atoms with Crippen molar-refractivity contribution >= 4 is 11.9 Å². The predicted octanol–water partition coefficient (Wildman–Crippen LogP) is 2.47. The molecule has 0 atom stereocenters. The van der Waals surface area contributed by atoms with Gasteiger partial charge in [0.2, 0.25) is 5.89 Å². The summed E-state index contributed by atoms with van der Waals surface area (Å²) >= 11 is 0. The second-order valence-electron chi connectivity index (χ2n) is 7.47. The van der Waals surface area contributed by atoms with E-state index in [9.17, 15) is 4.79 Å². The fourth-order valence-electron chi connectivity index (χ4n) is 2.42. The first-order valence-electron chi connectivity index (χ1n) is 9.73. The van der Waals surface area contributed by atoms with Gasteiger partial charge in [-0.3, -0.25) is 4.79 Å². The highest BCUT2D eigenvalue weighted by Crippen LogP contribution is 2.22. The van der Waals surface area contributed by atoms with Crippen molar-refractivity contribution in [2.24, 2.45) is 4.99 Å². The van der Waals surface area contributed by atoms with Crippen LogP contribution in [-0.4, -0.2) is 43.6 Å². The molecule has 1 aromatic heterocycles. The highest BCUT2D eigenvalue weighted by atomic mass is 16.5. The number of nitrogens with one attached hydrogen (secondary N) is 3. The lowest BCUT2D eigenvalue weighted by atomic mass is 9.94. The largest absolute Gasteiger partial charge is 0.497 e. The standard InChI is InChI=1S/C21H31N5O3/c1-6-22-20(26-14-18-25-13-17(29-18)21(2,3)4)24-12-11-23-19(27)15-7-9-16(28-5)10-8-15/h7-10,13H,6,11-12,14H2,1-5H3,(H,23,27)(H2,22,24,26). The van der Waals surface area contributed by atoms with Crippen LogP contribution in [0.4, 0.5) is 0 Å². The number of carbonyl (C=O) groups excluding carboxylic acids is 1. The summed E-state index contributed by atoms with van der Waals surface area (Å²) < 4.78 is 10.9. The van der Waals surface area contributed by atoms with E-state index in [1.165, 1.54) is 0 Å². The molecule has 1 amide bonds. The fraction of sp³-hybridized carbons (Fsp3) is 0.476. The van der Waals surface area contributed by atoms with Gasteiger partial charge in [0.15, 0.2) is 5.96 Å². The number of oxazole rings is 1. The SMILES string of the molecule is CCNC(=NCc1ncc(C(C)(C)C)o1)NCCNC(=O)c1ccc(OC)cc1. The number of amides is 1. The molecule has 29 heavy (non-hydrogen) atoms. The van der Waals surface area contributed by atoms with E-state index in [0.717, 1.165) is 18.1 Å². The third kappa shape index (κ3) is 7.14. The Balaban J connectivity index is 1.81. The third-order valence-corrected chi connectivity index (χ3v) is 4.06. The Kier molecular flexibility index (Phi) is 8.06. The first-order valence-corrected chi connectivity index (χ1v) is 9.73. The lowest BCUT2D eigenvalue weighted by Crippen LogP contribution is -2.41. The predicted molar refractivity (Wildman–Crippen MR) is 113 cm³/mol. The number of rotatable bonds is 8. The van der Waals surface area contributed by atoms with Crippen molar-refractivity contribution in [2.75, 3.05) is 26.7 Å². The Morgan fingerprint density at radius 1 is 1.14 bits per heavy atom. The number of hydrogen-bond acceptors (Lipinski definition) is 5. The van der Waals surface area contributed by atoms with Crippen LogP contribution in [0, 0.1) is 0 Å². The Morgan fingerprint density at radius 2 is 1.83 bits per heavy atom. The van der Waals surface area contributed by atoms with Crippen molar-refractivity contribution in [2.45, 2.75) is 39.7 Å². The van der Waals surface area contributed by atoms with E-state index in [1.54, 1.807) is 37.6 Å². The smallest absolute Gasteiger partial charge is 0.251 e. The zero-order valence-corrected chi connectivity index (χ0v) is 17.8. The molecule has 8 nitrogen and oxygen atoms in total. The number of aromatic nitrogens is 1. The summed E-state index contributed by atoms with van der Waals surface area (Å²) in [4.78, 5) is 20.9. The minimum Gasteiger partial charge on any atom is -0.497 e. The first kappa shape index (κ1) is 22.3. The number of guanidine groups is 1. The lowest BCUT2D eigenvalue weighted by Gasteiger charge is -2.13. The average Bonchev–Trinajstić information content (AvgIpc) is 3.18. The molecule has 0 radical (unpaired) electrons. The van der Waals surface area contributed by atoms with Gasteiger partial charge in [-0.05, 0) is 31.2 Å². The maximum atomic E-state index is 12.2. The van der Waals surface area contributed by atoms with Gasteiger partial charge in [0, 0.05) is 30.6 Å². The van der Waals surface area contributed by atoms with Crippen molar-refractivity contribution in [1.82, 2.24) is 20.9 Å². The first-order chi connectivity index (χ1) is 13.8. The number of ether oxygens (including phenoxy) is 1. The zero-order valence-electron chi connectivity index (χ0n) is 17.8. The second kappa shape index (κ2) is 10.5. The van der Waals surface area contributed by atoms with Gasteiger partial charge < -0.3 is 25.1 Å². The normalized spacial score (nSPS) is 11.8. The number of aliphatic imine (C=N–C) groups is 1. The molecule has 0 unspecified atom stereocenters. The number of benzene rings is 1. The molecule has 8 heteroatoms.